The summed E-state index contributed by atoms with van der Waals surface area (Å²) in [5, 5.41) is 17.3. The summed E-state index contributed by atoms with van der Waals surface area (Å²) >= 11 is 0. The van der Waals surface area contributed by atoms with Gasteiger partial charge in [0.15, 0.2) is 11.6 Å². The van der Waals surface area contributed by atoms with Crippen LogP contribution in [0, 0.1) is 5.92 Å². The van der Waals surface area contributed by atoms with Crippen molar-refractivity contribution in [1.29, 1.82) is 0 Å². The van der Waals surface area contributed by atoms with Crippen molar-refractivity contribution in [3.05, 3.63) is 73.1 Å². The van der Waals surface area contributed by atoms with E-state index in [1.165, 1.54) is 4.80 Å². The topological polar surface area (TPSA) is 97.9 Å². The van der Waals surface area contributed by atoms with Crippen LogP contribution in [0.15, 0.2) is 67.5 Å². The third-order valence-electron chi connectivity index (χ3n) is 6.62. The van der Waals surface area contributed by atoms with Gasteiger partial charge in [-0.2, -0.15) is 15.0 Å². The first kappa shape index (κ1) is 19.6. The van der Waals surface area contributed by atoms with E-state index in [-0.39, 0.29) is 11.9 Å². The number of hydrogen-bond donors (Lipinski definition) is 0. The third kappa shape index (κ3) is 3.53. The lowest BCUT2D eigenvalue weighted by atomic mass is 9.91. The number of benzene rings is 1. The van der Waals surface area contributed by atoms with Crippen molar-refractivity contribution in [1.82, 2.24) is 39.6 Å². The summed E-state index contributed by atoms with van der Waals surface area (Å²) in [4.78, 5) is 23.3. The molecule has 0 spiro atoms. The zero-order valence-electron chi connectivity index (χ0n) is 18.0. The predicted octanol–water partition coefficient (Wildman–Crippen LogP) is 1.98. The van der Waals surface area contributed by atoms with Crippen molar-refractivity contribution in [3.8, 4) is 11.5 Å². The van der Waals surface area contributed by atoms with Crippen LogP contribution >= 0.6 is 0 Å². The van der Waals surface area contributed by atoms with Crippen molar-refractivity contribution in [3.63, 3.8) is 0 Å². The van der Waals surface area contributed by atoms with E-state index in [4.69, 9.17) is 0 Å². The highest BCUT2D eigenvalue weighted by atomic mass is 16.2. The Balaban J connectivity index is 1.23. The van der Waals surface area contributed by atoms with Gasteiger partial charge in [0.25, 0.3) is 5.91 Å². The first-order valence-electron chi connectivity index (χ1n) is 11.1. The van der Waals surface area contributed by atoms with E-state index in [0.29, 0.717) is 23.7 Å². The number of imidazole rings is 1. The molecule has 2 fully saturated rings. The molecule has 2 atom stereocenters. The molecule has 3 aromatic heterocycles. The largest absolute Gasteiger partial charge is 0.350 e. The standard InChI is InChI=1S/C23H23N9O/c33-23(18-3-1-2-4-19(18)32-25-9-10-26-32)29-12-7-17-8-13-31(20(17)15-29)22-6-5-21(27-28-22)30-14-11-24-16-30/h1-6,9-11,14,16-17,20H,7-8,12-13,15H2. The smallest absolute Gasteiger partial charge is 0.256 e. The quantitative estimate of drug-likeness (QED) is 0.478. The Labute approximate surface area is 190 Å². The molecule has 0 radical (unpaired) electrons. The fourth-order valence-corrected chi connectivity index (χ4v) is 4.95. The minimum atomic E-state index is 0.00902. The molecule has 10 nitrogen and oxygen atoms in total. The van der Waals surface area contributed by atoms with Crippen molar-refractivity contribution in [2.24, 2.45) is 5.92 Å². The van der Waals surface area contributed by atoms with Gasteiger partial charge in [-0.15, -0.1) is 10.2 Å². The van der Waals surface area contributed by atoms with Gasteiger partial charge in [0, 0.05) is 32.0 Å². The molecule has 10 heteroatoms. The van der Waals surface area contributed by atoms with E-state index in [2.05, 4.69) is 30.3 Å². The van der Waals surface area contributed by atoms with E-state index in [9.17, 15) is 4.79 Å². The number of rotatable bonds is 4. The van der Waals surface area contributed by atoms with E-state index >= 15 is 0 Å². The number of likely N-dealkylation sites (tertiary alicyclic amines) is 1. The summed E-state index contributed by atoms with van der Waals surface area (Å²) in [6, 6.07) is 11.7. The summed E-state index contributed by atoms with van der Waals surface area (Å²) in [6.45, 7) is 2.33. The lowest BCUT2D eigenvalue weighted by molar-refractivity contribution is 0.0678. The fraction of sp³-hybridized carbons (Fsp3) is 0.304. The van der Waals surface area contributed by atoms with E-state index in [1.807, 2.05) is 52.1 Å². The van der Waals surface area contributed by atoms with E-state index < -0.39 is 0 Å². The third-order valence-corrected chi connectivity index (χ3v) is 6.62. The number of carbonyl (C=O) groups is 1. The van der Waals surface area contributed by atoms with Crippen molar-refractivity contribution in [2.75, 3.05) is 24.5 Å². The Bertz CT molecular complexity index is 1240. The maximum atomic E-state index is 13.5. The second-order valence-electron chi connectivity index (χ2n) is 8.40. The zero-order valence-corrected chi connectivity index (χ0v) is 18.0. The van der Waals surface area contributed by atoms with Crippen molar-refractivity contribution >= 4 is 11.7 Å². The molecule has 5 heterocycles. The molecule has 166 valence electrons. The van der Waals surface area contributed by atoms with Crippen LogP contribution in [0.4, 0.5) is 5.82 Å². The second-order valence-corrected chi connectivity index (χ2v) is 8.40. The number of nitrogens with zero attached hydrogens (tertiary/aromatic N) is 9. The molecule has 0 aliphatic carbocycles. The molecular formula is C23H23N9O. The summed E-state index contributed by atoms with van der Waals surface area (Å²) < 4.78 is 1.83. The number of piperidine rings is 1. The Kier molecular flexibility index (Phi) is 4.82. The number of fused-ring (bicyclic) bond motifs is 1. The Hall–Kier alpha value is -4.08. The molecule has 1 amide bonds. The number of amides is 1. The molecule has 2 aliphatic heterocycles. The van der Waals surface area contributed by atoms with Gasteiger partial charge in [-0.3, -0.25) is 9.36 Å². The Morgan fingerprint density at radius 2 is 1.70 bits per heavy atom. The van der Waals surface area contributed by atoms with Crippen molar-refractivity contribution < 1.29 is 4.79 Å². The van der Waals surface area contributed by atoms with Gasteiger partial charge in [-0.05, 0) is 43.0 Å². The lowest BCUT2D eigenvalue weighted by Gasteiger charge is -2.39. The summed E-state index contributed by atoms with van der Waals surface area (Å²) in [6.07, 6.45) is 10.6. The monoisotopic (exact) mass is 441 g/mol. The van der Waals surface area contributed by atoms with Crippen molar-refractivity contribution in [2.45, 2.75) is 18.9 Å². The Morgan fingerprint density at radius 3 is 2.48 bits per heavy atom. The van der Waals surface area contributed by atoms with Gasteiger partial charge in [-0.25, -0.2) is 4.98 Å². The second kappa shape index (κ2) is 8.12. The minimum absolute atomic E-state index is 0.00902. The molecule has 6 rings (SSSR count). The average Bonchev–Trinajstić information content (AvgIpc) is 3.65. The predicted molar refractivity (Wildman–Crippen MR) is 120 cm³/mol. The van der Waals surface area contributed by atoms with Gasteiger partial charge in [-0.1, -0.05) is 12.1 Å². The number of para-hydroxylation sites is 1. The van der Waals surface area contributed by atoms with Crippen LogP contribution in [0.25, 0.3) is 11.5 Å². The lowest BCUT2D eigenvalue weighted by Crippen LogP contribution is -2.50. The van der Waals surface area contributed by atoms with E-state index in [0.717, 1.165) is 37.6 Å². The van der Waals surface area contributed by atoms with Crippen LogP contribution in [0.3, 0.4) is 0 Å². The number of anilines is 1. The summed E-state index contributed by atoms with van der Waals surface area (Å²) in [5.41, 5.74) is 1.31. The minimum Gasteiger partial charge on any atom is -0.350 e. The summed E-state index contributed by atoms with van der Waals surface area (Å²) in [7, 11) is 0. The first-order chi connectivity index (χ1) is 16.3. The van der Waals surface area contributed by atoms with Gasteiger partial charge in [0.2, 0.25) is 0 Å². The van der Waals surface area contributed by atoms with Crippen LogP contribution in [0.2, 0.25) is 0 Å². The van der Waals surface area contributed by atoms with Crippen LogP contribution in [0.5, 0.6) is 0 Å². The molecule has 33 heavy (non-hydrogen) atoms. The molecule has 0 saturated carbocycles. The Morgan fingerprint density at radius 1 is 0.909 bits per heavy atom. The van der Waals surface area contributed by atoms with Gasteiger partial charge < -0.3 is 9.80 Å². The number of aromatic nitrogens is 7. The molecular weight excluding hydrogens is 418 g/mol. The molecule has 2 aliphatic rings. The number of hydrogen-bond acceptors (Lipinski definition) is 7. The normalized spacial score (nSPS) is 20.1. The van der Waals surface area contributed by atoms with Gasteiger partial charge in [0.05, 0.1) is 29.7 Å². The molecule has 2 saturated heterocycles. The first-order valence-corrected chi connectivity index (χ1v) is 11.1. The highest BCUT2D eigenvalue weighted by molar-refractivity contribution is 5.97. The van der Waals surface area contributed by atoms with Crippen LogP contribution in [0.1, 0.15) is 23.2 Å². The maximum Gasteiger partial charge on any atom is 0.256 e. The highest BCUT2D eigenvalue weighted by Gasteiger charge is 2.40. The van der Waals surface area contributed by atoms with Gasteiger partial charge in [0.1, 0.15) is 6.33 Å². The highest BCUT2D eigenvalue weighted by Crippen LogP contribution is 2.35. The molecule has 1 aromatic carbocycles. The zero-order chi connectivity index (χ0) is 22.2. The van der Waals surface area contributed by atoms with Crippen LogP contribution in [-0.2, 0) is 0 Å². The average molecular weight is 441 g/mol. The van der Waals surface area contributed by atoms with Crippen LogP contribution in [-0.4, -0.2) is 71.2 Å². The molecule has 2 unspecified atom stereocenters. The molecule has 0 bridgehead atoms. The maximum absolute atomic E-state index is 13.5. The SMILES string of the molecule is O=C(c1ccccc1-n1nccn1)N1CCC2CCN(c3ccc(-n4ccnc4)nn3)C2C1. The fourth-order valence-electron chi connectivity index (χ4n) is 4.95. The summed E-state index contributed by atoms with van der Waals surface area (Å²) in [5.74, 6) is 2.14. The van der Waals surface area contributed by atoms with Crippen LogP contribution < -0.4 is 4.90 Å². The molecule has 4 aromatic rings. The van der Waals surface area contributed by atoms with E-state index in [1.54, 1.807) is 24.9 Å². The molecule has 0 N–H and O–H groups in total. The number of carbonyl (C=O) groups excluding carboxylic acids is 1. The van der Waals surface area contributed by atoms with Gasteiger partial charge >= 0.3 is 0 Å².